The minimum absolute atomic E-state index is 0.000454. The normalized spacial score (nSPS) is 25.1. The Morgan fingerprint density at radius 3 is 2.55 bits per heavy atom. The second-order valence-corrected chi connectivity index (χ2v) is 9.63. The zero-order valence-corrected chi connectivity index (χ0v) is 14.4. The summed E-state index contributed by atoms with van der Waals surface area (Å²) < 4.78 is 36.7. The minimum Gasteiger partial charge on any atom is -0.429 e. The molecule has 1 aliphatic heterocycles. The van der Waals surface area contributed by atoms with Gasteiger partial charge in [-0.25, -0.2) is 13.4 Å². The predicted molar refractivity (Wildman–Crippen MR) is 82.5 cm³/mol. The van der Waals surface area contributed by atoms with Crippen molar-refractivity contribution < 1.29 is 17.6 Å². The van der Waals surface area contributed by atoms with Gasteiger partial charge in [0.1, 0.15) is 0 Å². The maximum atomic E-state index is 12.7. The summed E-state index contributed by atoms with van der Waals surface area (Å²) in [6.45, 7) is 6.61. The Labute approximate surface area is 132 Å². The number of aromatic nitrogens is 1. The highest BCUT2D eigenvalue weighted by Crippen LogP contribution is 2.53. The van der Waals surface area contributed by atoms with Crippen LogP contribution >= 0.6 is 0 Å². The van der Waals surface area contributed by atoms with Crippen LogP contribution in [-0.4, -0.2) is 31.9 Å². The van der Waals surface area contributed by atoms with Crippen molar-refractivity contribution in [3.63, 3.8) is 0 Å². The van der Waals surface area contributed by atoms with Gasteiger partial charge in [-0.2, -0.15) is 0 Å². The summed E-state index contributed by atoms with van der Waals surface area (Å²) in [5, 5.41) is -0.000454. The molecule has 5 nitrogen and oxygen atoms in total. The van der Waals surface area contributed by atoms with E-state index in [1.807, 2.05) is 20.8 Å². The van der Waals surface area contributed by atoms with Gasteiger partial charge >= 0.3 is 0 Å². The molecule has 0 amide bonds. The first-order chi connectivity index (χ1) is 10.2. The molecule has 1 saturated heterocycles. The third-order valence-electron chi connectivity index (χ3n) is 4.67. The molecule has 2 aliphatic rings. The summed E-state index contributed by atoms with van der Waals surface area (Å²) in [6, 6.07) is 0. The van der Waals surface area contributed by atoms with Crippen LogP contribution in [0.5, 0.6) is 0 Å². The molecule has 1 aromatic rings. The van der Waals surface area contributed by atoms with Crippen LogP contribution < -0.4 is 0 Å². The Balaban J connectivity index is 1.77. The molecule has 0 N–H and O–H groups in total. The fraction of sp³-hybridized carbons (Fsp3) is 0.812. The number of hydrogen-bond donors (Lipinski definition) is 0. The largest absolute Gasteiger partial charge is 0.429 e. The van der Waals surface area contributed by atoms with Crippen molar-refractivity contribution in [3.05, 3.63) is 12.1 Å². The first kappa shape index (κ1) is 16.0. The van der Waals surface area contributed by atoms with E-state index in [1.165, 1.54) is 6.20 Å². The van der Waals surface area contributed by atoms with Crippen molar-refractivity contribution in [2.45, 2.75) is 69.5 Å². The molecular weight excluding hydrogens is 302 g/mol. The van der Waals surface area contributed by atoms with Crippen LogP contribution in [0.4, 0.5) is 0 Å². The summed E-state index contributed by atoms with van der Waals surface area (Å²) in [5.41, 5.74) is -0.495. The first-order valence-corrected chi connectivity index (χ1v) is 9.69. The summed E-state index contributed by atoms with van der Waals surface area (Å²) in [7, 11) is -3.45. The molecular formula is C16H25NO4S. The van der Waals surface area contributed by atoms with Crippen LogP contribution in [-0.2, 0) is 20.0 Å². The molecule has 0 aromatic carbocycles. The predicted octanol–water partition coefficient (Wildman–Crippen LogP) is 3.10. The molecule has 124 valence electrons. The van der Waals surface area contributed by atoms with E-state index in [0.717, 1.165) is 38.7 Å². The van der Waals surface area contributed by atoms with Crippen molar-refractivity contribution in [1.29, 1.82) is 0 Å². The Morgan fingerprint density at radius 1 is 1.32 bits per heavy atom. The van der Waals surface area contributed by atoms with E-state index in [2.05, 4.69) is 4.98 Å². The smallest absolute Gasteiger partial charge is 0.238 e. The molecule has 1 unspecified atom stereocenters. The van der Waals surface area contributed by atoms with Crippen molar-refractivity contribution in [1.82, 2.24) is 4.98 Å². The number of oxazole rings is 1. The fourth-order valence-corrected chi connectivity index (χ4v) is 4.94. The summed E-state index contributed by atoms with van der Waals surface area (Å²) in [5.74, 6) is 0.577. The molecule has 0 radical (unpaired) electrons. The molecule has 0 spiro atoms. The third-order valence-corrected chi connectivity index (χ3v) is 6.42. The average molecular weight is 327 g/mol. The molecule has 6 heteroatoms. The van der Waals surface area contributed by atoms with Gasteiger partial charge in [0, 0.05) is 17.4 Å². The maximum Gasteiger partial charge on any atom is 0.238 e. The fourth-order valence-electron chi connectivity index (χ4n) is 3.14. The van der Waals surface area contributed by atoms with E-state index < -0.39 is 9.84 Å². The minimum atomic E-state index is -3.45. The van der Waals surface area contributed by atoms with Crippen molar-refractivity contribution in [2.24, 2.45) is 5.41 Å². The van der Waals surface area contributed by atoms with Gasteiger partial charge in [0.05, 0.1) is 18.1 Å². The zero-order valence-electron chi connectivity index (χ0n) is 13.6. The molecule has 0 bridgehead atoms. The lowest BCUT2D eigenvalue weighted by Gasteiger charge is -2.30. The van der Waals surface area contributed by atoms with E-state index in [9.17, 15) is 8.42 Å². The Bertz CT molecular complexity index is 631. The molecule has 3 rings (SSSR count). The topological polar surface area (TPSA) is 69.4 Å². The summed E-state index contributed by atoms with van der Waals surface area (Å²) >= 11 is 0. The van der Waals surface area contributed by atoms with Crippen LogP contribution in [0.1, 0.15) is 58.8 Å². The van der Waals surface area contributed by atoms with Crippen molar-refractivity contribution in [2.75, 3.05) is 12.4 Å². The van der Waals surface area contributed by atoms with Gasteiger partial charge in [-0.05, 0) is 32.1 Å². The highest BCUT2D eigenvalue weighted by molar-refractivity contribution is 7.91. The average Bonchev–Trinajstić information content (AvgIpc) is 3.02. The van der Waals surface area contributed by atoms with Gasteiger partial charge in [0.25, 0.3) is 0 Å². The van der Waals surface area contributed by atoms with Gasteiger partial charge in [0.2, 0.25) is 20.8 Å². The molecule has 1 aromatic heterocycles. The quantitative estimate of drug-likeness (QED) is 0.850. The second-order valence-electron chi connectivity index (χ2n) is 7.71. The molecule has 1 aliphatic carbocycles. The molecule has 2 fully saturated rings. The Kier molecular flexibility index (Phi) is 3.88. The Hall–Kier alpha value is -0.880. The first-order valence-electron chi connectivity index (χ1n) is 8.04. The van der Waals surface area contributed by atoms with E-state index in [0.29, 0.717) is 5.89 Å². The lowest BCUT2D eigenvalue weighted by atomic mass is 9.95. The van der Waals surface area contributed by atoms with Crippen molar-refractivity contribution in [3.8, 4) is 0 Å². The second kappa shape index (κ2) is 5.34. The van der Waals surface area contributed by atoms with Gasteiger partial charge in [-0.15, -0.1) is 0 Å². The third kappa shape index (κ3) is 3.08. The van der Waals surface area contributed by atoms with Crippen LogP contribution in [0.2, 0.25) is 0 Å². The van der Waals surface area contributed by atoms with Gasteiger partial charge in [-0.3, -0.25) is 0 Å². The number of ether oxygens (including phenoxy) is 1. The maximum absolute atomic E-state index is 12.7. The molecule has 2 heterocycles. The lowest BCUT2D eigenvalue weighted by molar-refractivity contribution is -0.0241. The molecule has 1 saturated carbocycles. The number of rotatable bonds is 4. The highest BCUT2D eigenvalue weighted by atomic mass is 32.2. The van der Waals surface area contributed by atoms with E-state index in [4.69, 9.17) is 9.15 Å². The standard InChI is InChI=1S/C16H25NO4S/c1-15(2,3)14-17-10-13(21-14)22(18,19)11-16(7-8-16)12-6-4-5-9-20-12/h10,12H,4-9,11H2,1-3H3. The van der Waals surface area contributed by atoms with Gasteiger partial charge in [0.15, 0.2) is 0 Å². The number of hydrogen-bond acceptors (Lipinski definition) is 5. The van der Waals surface area contributed by atoms with Crippen molar-refractivity contribution >= 4 is 9.84 Å². The van der Waals surface area contributed by atoms with Crippen LogP contribution in [0.15, 0.2) is 15.7 Å². The SMILES string of the molecule is CC(C)(C)c1ncc(S(=O)(=O)CC2(C3CCCCO3)CC2)o1. The van der Waals surface area contributed by atoms with Crippen LogP contribution in [0, 0.1) is 5.41 Å². The van der Waals surface area contributed by atoms with Gasteiger partial charge in [-0.1, -0.05) is 20.8 Å². The number of sulfone groups is 1. The summed E-state index contributed by atoms with van der Waals surface area (Å²) in [6.07, 6.45) is 6.47. The monoisotopic (exact) mass is 327 g/mol. The van der Waals surface area contributed by atoms with Crippen LogP contribution in [0.3, 0.4) is 0 Å². The summed E-state index contributed by atoms with van der Waals surface area (Å²) in [4.78, 5) is 4.14. The van der Waals surface area contributed by atoms with E-state index in [-0.39, 0.29) is 27.8 Å². The lowest BCUT2D eigenvalue weighted by Crippen LogP contribution is -2.34. The molecule has 22 heavy (non-hydrogen) atoms. The van der Waals surface area contributed by atoms with E-state index in [1.54, 1.807) is 0 Å². The van der Waals surface area contributed by atoms with Crippen LogP contribution in [0.25, 0.3) is 0 Å². The van der Waals surface area contributed by atoms with Gasteiger partial charge < -0.3 is 9.15 Å². The molecule has 1 atom stereocenters. The zero-order chi connectivity index (χ0) is 16.0. The van der Waals surface area contributed by atoms with E-state index >= 15 is 0 Å². The number of nitrogens with zero attached hydrogens (tertiary/aromatic N) is 1. The highest BCUT2D eigenvalue weighted by Gasteiger charge is 2.53. The Morgan fingerprint density at radius 2 is 2.05 bits per heavy atom.